The molecular weight excluding hydrogens is 512 g/mol. The van der Waals surface area contributed by atoms with E-state index in [-0.39, 0.29) is 35.7 Å². The molecule has 9 heteroatoms. The Morgan fingerprint density at radius 3 is 2.45 bits per heavy atom. The first-order chi connectivity index (χ1) is 14.6. The molecule has 1 fully saturated rings. The van der Waals surface area contributed by atoms with Gasteiger partial charge < -0.3 is 24.9 Å². The molecule has 7 nitrogen and oxygen atoms in total. The SMILES string of the molecule is CCNC(=NCCCNC(=O)c1occc1C)N1CCN(c2ccc(F)cc2)CC1.I. The minimum Gasteiger partial charge on any atom is -0.459 e. The summed E-state index contributed by atoms with van der Waals surface area (Å²) in [6, 6.07) is 8.42. The van der Waals surface area contributed by atoms with Crippen molar-refractivity contribution in [3.8, 4) is 0 Å². The minimum atomic E-state index is -0.213. The zero-order valence-electron chi connectivity index (χ0n) is 18.1. The molecule has 0 saturated carbocycles. The monoisotopic (exact) mass is 543 g/mol. The smallest absolute Gasteiger partial charge is 0.287 e. The number of halogens is 2. The predicted octanol–water partition coefficient (Wildman–Crippen LogP) is 3.25. The van der Waals surface area contributed by atoms with Crippen LogP contribution in [0.4, 0.5) is 10.1 Å². The summed E-state index contributed by atoms with van der Waals surface area (Å²) in [7, 11) is 0. The van der Waals surface area contributed by atoms with Crippen LogP contribution in [0.1, 0.15) is 29.5 Å². The molecule has 1 amide bonds. The summed E-state index contributed by atoms with van der Waals surface area (Å²) in [5.74, 6) is 0.857. The fourth-order valence-corrected chi connectivity index (χ4v) is 3.41. The van der Waals surface area contributed by atoms with Crippen LogP contribution in [0.3, 0.4) is 0 Å². The Kier molecular flexibility index (Phi) is 10.1. The van der Waals surface area contributed by atoms with Gasteiger partial charge in [0, 0.05) is 57.1 Å². The second kappa shape index (κ2) is 12.5. The van der Waals surface area contributed by atoms with Crippen molar-refractivity contribution in [3.05, 3.63) is 53.7 Å². The lowest BCUT2D eigenvalue weighted by Crippen LogP contribution is -2.52. The zero-order valence-corrected chi connectivity index (χ0v) is 20.4. The molecule has 0 spiro atoms. The highest BCUT2D eigenvalue weighted by Gasteiger charge is 2.20. The number of rotatable bonds is 7. The highest BCUT2D eigenvalue weighted by atomic mass is 127. The molecule has 1 aromatic heterocycles. The van der Waals surface area contributed by atoms with Crippen LogP contribution in [0, 0.1) is 12.7 Å². The quantitative estimate of drug-likeness (QED) is 0.243. The highest BCUT2D eigenvalue weighted by molar-refractivity contribution is 14.0. The van der Waals surface area contributed by atoms with Gasteiger partial charge in [-0.2, -0.15) is 0 Å². The molecule has 0 radical (unpaired) electrons. The number of guanidine groups is 1. The fraction of sp³-hybridized carbons (Fsp3) is 0.455. The third-order valence-electron chi connectivity index (χ3n) is 5.06. The highest BCUT2D eigenvalue weighted by Crippen LogP contribution is 2.17. The molecule has 0 unspecified atom stereocenters. The van der Waals surface area contributed by atoms with E-state index < -0.39 is 0 Å². The van der Waals surface area contributed by atoms with Gasteiger partial charge >= 0.3 is 0 Å². The molecule has 0 aliphatic carbocycles. The van der Waals surface area contributed by atoms with Crippen molar-refractivity contribution in [2.24, 2.45) is 4.99 Å². The van der Waals surface area contributed by atoms with E-state index in [2.05, 4.69) is 27.4 Å². The van der Waals surface area contributed by atoms with Crippen LogP contribution in [0.25, 0.3) is 0 Å². The summed E-state index contributed by atoms with van der Waals surface area (Å²) < 4.78 is 18.3. The molecule has 1 saturated heterocycles. The van der Waals surface area contributed by atoms with E-state index in [9.17, 15) is 9.18 Å². The number of amides is 1. The summed E-state index contributed by atoms with van der Waals surface area (Å²) in [4.78, 5) is 21.3. The summed E-state index contributed by atoms with van der Waals surface area (Å²) in [6.07, 6.45) is 2.27. The molecule has 1 aliphatic heterocycles. The lowest BCUT2D eigenvalue weighted by atomic mass is 10.2. The molecule has 3 rings (SSSR count). The van der Waals surface area contributed by atoms with Crippen LogP contribution in [-0.2, 0) is 0 Å². The number of benzene rings is 1. The normalized spacial score (nSPS) is 14.2. The molecular formula is C22H31FIN5O2. The van der Waals surface area contributed by atoms with E-state index in [0.717, 1.165) is 56.4 Å². The Balaban J connectivity index is 0.00000341. The largest absolute Gasteiger partial charge is 0.459 e. The van der Waals surface area contributed by atoms with Crippen molar-refractivity contribution in [2.45, 2.75) is 20.3 Å². The first kappa shape index (κ1) is 25.0. The Labute approximate surface area is 200 Å². The Morgan fingerprint density at radius 2 is 1.84 bits per heavy atom. The van der Waals surface area contributed by atoms with Crippen molar-refractivity contribution in [2.75, 3.05) is 50.7 Å². The van der Waals surface area contributed by atoms with Gasteiger partial charge in [-0.25, -0.2) is 4.39 Å². The van der Waals surface area contributed by atoms with Crippen LogP contribution in [-0.4, -0.2) is 62.6 Å². The predicted molar refractivity (Wildman–Crippen MR) is 132 cm³/mol. The van der Waals surface area contributed by atoms with Crippen molar-refractivity contribution in [3.63, 3.8) is 0 Å². The fourth-order valence-electron chi connectivity index (χ4n) is 3.41. The maximum atomic E-state index is 13.1. The minimum absolute atomic E-state index is 0. The molecule has 1 aliphatic rings. The van der Waals surface area contributed by atoms with Crippen molar-refractivity contribution in [1.82, 2.24) is 15.5 Å². The summed E-state index contributed by atoms with van der Waals surface area (Å²) in [6.45, 7) is 9.26. The van der Waals surface area contributed by atoms with Crippen molar-refractivity contribution < 1.29 is 13.6 Å². The second-order valence-electron chi connectivity index (χ2n) is 7.23. The number of nitrogens with one attached hydrogen (secondary N) is 2. The first-order valence-electron chi connectivity index (χ1n) is 10.4. The summed E-state index contributed by atoms with van der Waals surface area (Å²) in [5, 5.41) is 6.22. The zero-order chi connectivity index (χ0) is 21.3. The number of hydrogen-bond donors (Lipinski definition) is 2. The number of aryl methyl sites for hydroxylation is 1. The lowest BCUT2D eigenvalue weighted by molar-refractivity contribution is 0.0925. The molecule has 0 bridgehead atoms. The molecule has 0 atom stereocenters. The second-order valence-corrected chi connectivity index (χ2v) is 7.23. The first-order valence-corrected chi connectivity index (χ1v) is 10.4. The lowest BCUT2D eigenvalue weighted by Gasteiger charge is -2.37. The van der Waals surface area contributed by atoms with E-state index in [1.807, 2.05) is 19.1 Å². The average molecular weight is 543 g/mol. The van der Waals surface area contributed by atoms with Gasteiger partial charge in [0.1, 0.15) is 5.82 Å². The molecule has 2 aromatic rings. The third kappa shape index (κ3) is 7.12. The van der Waals surface area contributed by atoms with Crippen LogP contribution in [0.5, 0.6) is 0 Å². The van der Waals surface area contributed by atoms with Gasteiger partial charge in [0.05, 0.1) is 6.26 Å². The van der Waals surface area contributed by atoms with Crippen LogP contribution in [0.2, 0.25) is 0 Å². The van der Waals surface area contributed by atoms with Gasteiger partial charge in [-0.05, 0) is 50.6 Å². The summed E-state index contributed by atoms with van der Waals surface area (Å²) in [5.41, 5.74) is 1.88. The van der Waals surface area contributed by atoms with E-state index in [0.29, 0.717) is 18.8 Å². The van der Waals surface area contributed by atoms with Crippen LogP contribution >= 0.6 is 24.0 Å². The Bertz CT molecular complexity index is 848. The average Bonchev–Trinajstić information content (AvgIpc) is 3.19. The van der Waals surface area contributed by atoms with Crippen molar-refractivity contribution >= 4 is 41.5 Å². The van der Waals surface area contributed by atoms with E-state index in [1.54, 1.807) is 6.07 Å². The summed E-state index contributed by atoms with van der Waals surface area (Å²) >= 11 is 0. The van der Waals surface area contributed by atoms with Crippen LogP contribution < -0.4 is 15.5 Å². The molecule has 1 aromatic carbocycles. The standard InChI is InChI=1S/C22H30FN5O2.HI/c1-3-24-22(26-11-4-10-25-21(29)20-17(2)9-16-30-20)28-14-12-27(13-15-28)19-7-5-18(23)6-8-19;/h5-9,16H,3-4,10-15H2,1-2H3,(H,24,26)(H,25,29);1H. The number of carbonyl (C=O) groups excluding carboxylic acids is 1. The van der Waals surface area contributed by atoms with Crippen LogP contribution in [0.15, 0.2) is 46.0 Å². The molecule has 2 heterocycles. The van der Waals surface area contributed by atoms with E-state index >= 15 is 0 Å². The number of aliphatic imine (C=N–C) groups is 1. The number of anilines is 1. The van der Waals surface area contributed by atoms with Gasteiger partial charge in [-0.15, -0.1) is 24.0 Å². The number of furan rings is 1. The number of carbonyl (C=O) groups is 1. The maximum Gasteiger partial charge on any atom is 0.287 e. The van der Waals surface area contributed by atoms with Gasteiger partial charge in [0.2, 0.25) is 0 Å². The molecule has 170 valence electrons. The number of nitrogens with zero attached hydrogens (tertiary/aromatic N) is 3. The van der Waals surface area contributed by atoms with E-state index in [1.165, 1.54) is 18.4 Å². The Hall–Kier alpha value is -2.30. The number of hydrogen-bond acceptors (Lipinski definition) is 4. The number of piperazine rings is 1. The van der Waals surface area contributed by atoms with Gasteiger partial charge in [-0.3, -0.25) is 9.79 Å². The maximum absolute atomic E-state index is 13.1. The Morgan fingerprint density at radius 1 is 1.13 bits per heavy atom. The van der Waals surface area contributed by atoms with E-state index in [4.69, 9.17) is 9.41 Å². The van der Waals surface area contributed by atoms with Crippen molar-refractivity contribution in [1.29, 1.82) is 0 Å². The molecule has 2 N–H and O–H groups in total. The molecule has 31 heavy (non-hydrogen) atoms. The van der Waals surface area contributed by atoms with Gasteiger partial charge in [0.15, 0.2) is 11.7 Å². The van der Waals surface area contributed by atoms with Gasteiger partial charge in [-0.1, -0.05) is 0 Å². The third-order valence-corrected chi connectivity index (χ3v) is 5.06. The topological polar surface area (TPSA) is 73.1 Å². The van der Waals surface area contributed by atoms with Gasteiger partial charge in [0.25, 0.3) is 5.91 Å².